The Balaban J connectivity index is 2.20. The molecule has 2 nitrogen and oxygen atoms in total. The van der Waals surface area contributed by atoms with Gasteiger partial charge in [0, 0.05) is 28.4 Å². The van der Waals surface area contributed by atoms with Crippen molar-refractivity contribution in [3.8, 4) is 11.1 Å². The number of fused-ring (bicyclic) bond motifs is 1. The van der Waals surface area contributed by atoms with Crippen LogP contribution in [0.25, 0.3) is 11.1 Å². The van der Waals surface area contributed by atoms with Crippen LogP contribution in [0.15, 0.2) is 24.5 Å². The predicted octanol–water partition coefficient (Wildman–Crippen LogP) is 2.88. The minimum Gasteiger partial charge on any atom is -0.390 e. The van der Waals surface area contributed by atoms with Gasteiger partial charge in [0.05, 0.1) is 5.00 Å². The van der Waals surface area contributed by atoms with Crippen LogP contribution < -0.4 is 5.73 Å². The first-order valence-corrected chi connectivity index (χ1v) is 5.98. The Bertz CT molecular complexity index is 488. The molecule has 0 saturated carbocycles. The molecule has 2 aromatic heterocycles. The Hall–Kier alpha value is -1.35. The predicted molar refractivity (Wildman–Crippen MR) is 64.0 cm³/mol. The van der Waals surface area contributed by atoms with Gasteiger partial charge in [0.25, 0.3) is 0 Å². The monoisotopic (exact) mass is 216 g/mol. The summed E-state index contributed by atoms with van der Waals surface area (Å²) in [6.45, 7) is 0. The zero-order chi connectivity index (χ0) is 10.3. The van der Waals surface area contributed by atoms with Crippen molar-refractivity contribution in [2.75, 3.05) is 5.73 Å². The van der Waals surface area contributed by atoms with Crippen molar-refractivity contribution in [1.82, 2.24) is 4.98 Å². The van der Waals surface area contributed by atoms with Crippen molar-refractivity contribution >= 4 is 16.3 Å². The molecule has 3 heteroatoms. The maximum Gasteiger partial charge on any atom is 0.0942 e. The van der Waals surface area contributed by atoms with Gasteiger partial charge in [0.15, 0.2) is 0 Å². The zero-order valence-electron chi connectivity index (χ0n) is 8.36. The van der Waals surface area contributed by atoms with E-state index in [0.29, 0.717) is 0 Å². The van der Waals surface area contributed by atoms with Gasteiger partial charge in [-0.3, -0.25) is 4.98 Å². The second-order valence-corrected chi connectivity index (χ2v) is 4.98. The highest BCUT2D eigenvalue weighted by Gasteiger charge is 2.21. The topological polar surface area (TPSA) is 38.9 Å². The van der Waals surface area contributed by atoms with Gasteiger partial charge in [-0.25, -0.2) is 0 Å². The fraction of sp³-hybridized carbons (Fsp3) is 0.250. The molecule has 0 radical (unpaired) electrons. The highest BCUT2D eigenvalue weighted by atomic mass is 32.1. The Labute approximate surface area is 92.8 Å². The first-order valence-electron chi connectivity index (χ1n) is 5.16. The molecular formula is C12H12N2S. The fourth-order valence-corrected chi connectivity index (χ4v) is 3.43. The summed E-state index contributed by atoms with van der Waals surface area (Å²) in [5.41, 5.74) is 9.94. The zero-order valence-corrected chi connectivity index (χ0v) is 9.18. The molecule has 0 amide bonds. The van der Waals surface area contributed by atoms with Gasteiger partial charge in [-0.2, -0.15) is 0 Å². The summed E-state index contributed by atoms with van der Waals surface area (Å²) in [5, 5.41) is 0.952. The van der Waals surface area contributed by atoms with Crippen molar-refractivity contribution in [3.05, 3.63) is 35.0 Å². The van der Waals surface area contributed by atoms with Crippen LogP contribution in [0, 0.1) is 0 Å². The van der Waals surface area contributed by atoms with Crippen LogP contribution in [-0.4, -0.2) is 4.98 Å². The molecule has 1 aliphatic carbocycles. The molecule has 0 saturated heterocycles. The lowest BCUT2D eigenvalue weighted by Gasteiger charge is -2.02. The molecule has 3 rings (SSSR count). The summed E-state index contributed by atoms with van der Waals surface area (Å²) in [6.07, 6.45) is 7.34. The Morgan fingerprint density at radius 2 is 2.27 bits per heavy atom. The highest BCUT2D eigenvalue weighted by Crippen LogP contribution is 2.42. The number of aromatic nitrogens is 1. The summed E-state index contributed by atoms with van der Waals surface area (Å²) in [5.74, 6) is 0. The summed E-state index contributed by atoms with van der Waals surface area (Å²) < 4.78 is 0. The lowest BCUT2D eigenvalue weighted by molar-refractivity contribution is 0.915. The van der Waals surface area contributed by atoms with Crippen LogP contribution in [0.5, 0.6) is 0 Å². The Kier molecular flexibility index (Phi) is 1.99. The number of pyridine rings is 1. The number of anilines is 1. The van der Waals surface area contributed by atoms with Crippen LogP contribution >= 0.6 is 11.3 Å². The largest absolute Gasteiger partial charge is 0.390 e. The standard InChI is InChI=1S/C12H12N2S/c13-12-11(8-3-2-6-14-7-8)9-4-1-5-10(9)15-12/h2-3,6-7H,1,4-5,13H2. The highest BCUT2D eigenvalue weighted by molar-refractivity contribution is 7.16. The molecule has 1 aliphatic rings. The van der Waals surface area contributed by atoms with Gasteiger partial charge < -0.3 is 5.73 Å². The molecule has 0 spiro atoms. The molecule has 0 aliphatic heterocycles. The van der Waals surface area contributed by atoms with E-state index < -0.39 is 0 Å². The number of nitrogens with two attached hydrogens (primary N) is 1. The number of aryl methyl sites for hydroxylation is 1. The molecule has 0 aromatic carbocycles. The minimum atomic E-state index is 0.952. The van der Waals surface area contributed by atoms with Gasteiger partial charge >= 0.3 is 0 Å². The van der Waals surface area contributed by atoms with Gasteiger partial charge in [0.2, 0.25) is 0 Å². The third-order valence-corrected chi connectivity index (χ3v) is 4.02. The number of hydrogen-bond acceptors (Lipinski definition) is 3. The van der Waals surface area contributed by atoms with E-state index in [-0.39, 0.29) is 0 Å². The van der Waals surface area contributed by atoms with Crippen molar-refractivity contribution in [2.24, 2.45) is 0 Å². The number of nitrogen functional groups attached to an aromatic ring is 1. The minimum absolute atomic E-state index is 0.952. The lowest BCUT2D eigenvalue weighted by Crippen LogP contribution is -1.88. The summed E-state index contributed by atoms with van der Waals surface area (Å²) in [4.78, 5) is 5.63. The third kappa shape index (κ3) is 1.35. The average Bonchev–Trinajstić information content (AvgIpc) is 2.78. The van der Waals surface area contributed by atoms with Gasteiger partial charge in [-0.05, 0) is 30.9 Å². The van der Waals surface area contributed by atoms with Crippen LogP contribution in [0.1, 0.15) is 16.9 Å². The van der Waals surface area contributed by atoms with Crippen LogP contribution in [0.4, 0.5) is 5.00 Å². The van der Waals surface area contributed by atoms with E-state index in [9.17, 15) is 0 Å². The maximum absolute atomic E-state index is 6.07. The van der Waals surface area contributed by atoms with Gasteiger partial charge in [0.1, 0.15) is 0 Å². The molecule has 76 valence electrons. The number of nitrogens with zero attached hydrogens (tertiary/aromatic N) is 1. The molecule has 0 unspecified atom stereocenters. The molecule has 0 atom stereocenters. The Morgan fingerprint density at radius 3 is 3.07 bits per heavy atom. The number of rotatable bonds is 1. The molecule has 15 heavy (non-hydrogen) atoms. The third-order valence-electron chi connectivity index (χ3n) is 2.90. The van der Waals surface area contributed by atoms with E-state index in [1.807, 2.05) is 12.3 Å². The van der Waals surface area contributed by atoms with E-state index in [2.05, 4.69) is 11.1 Å². The molecule has 2 aromatic rings. The van der Waals surface area contributed by atoms with Crippen molar-refractivity contribution in [3.63, 3.8) is 0 Å². The summed E-state index contributed by atoms with van der Waals surface area (Å²) in [7, 11) is 0. The lowest BCUT2D eigenvalue weighted by atomic mass is 10.0. The van der Waals surface area contributed by atoms with Crippen molar-refractivity contribution in [2.45, 2.75) is 19.3 Å². The molecular weight excluding hydrogens is 204 g/mol. The molecule has 0 bridgehead atoms. The van der Waals surface area contributed by atoms with Crippen LogP contribution in [0.2, 0.25) is 0 Å². The summed E-state index contributed by atoms with van der Waals surface area (Å²) in [6, 6.07) is 4.05. The molecule has 0 fully saturated rings. The van der Waals surface area contributed by atoms with E-state index >= 15 is 0 Å². The van der Waals surface area contributed by atoms with Gasteiger partial charge in [-0.1, -0.05) is 6.07 Å². The van der Waals surface area contributed by atoms with Crippen LogP contribution in [-0.2, 0) is 12.8 Å². The first kappa shape index (κ1) is 8.92. The van der Waals surface area contributed by atoms with Crippen molar-refractivity contribution in [1.29, 1.82) is 0 Å². The normalized spacial score (nSPS) is 14.1. The summed E-state index contributed by atoms with van der Waals surface area (Å²) >= 11 is 1.75. The van der Waals surface area contributed by atoms with E-state index in [1.54, 1.807) is 17.5 Å². The maximum atomic E-state index is 6.07. The molecule has 2 heterocycles. The first-order chi connectivity index (χ1) is 7.36. The second-order valence-electron chi connectivity index (χ2n) is 3.84. The fourth-order valence-electron chi connectivity index (χ4n) is 2.25. The average molecular weight is 216 g/mol. The number of thiophene rings is 1. The number of hydrogen-bond donors (Lipinski definition) is 1. The van der Waals surface area contributed by atoms with Gasteiger partial charge in [-0.15, -0.1) is 11.3 Å². The van der Waals surface area contributed by atoms with E-state index in [0.717, 1.165) is 10.6 Å². The second kappa shape index (κ2) is 3.35. The Morgan fingerprint density at radius 1 is 1.33 bits per heavy atom. The van der Waals surface area contributed by atoms with Crippen molar-refractivity contribution < 1.29 is 0 Å². The van der Waals surface area contributed by atoms with E-state index in [1.165, 1.54) is 35.3 Å². The van der Waals surface area contributed by atoms with E-state index in [4.69, 9.17) is 5.73 Å². The quantitative estimate of drug-likeness (QED) is 0.796. The smallest absolute Gasteiger partial charge is 0.0942 e. The SMILES string of the molecule is Nc1sc2c(c1-c1cccnc1)CCC2. The molecule has 2 N–H and O–H groups in total. The van der Waals surface area contributed by atoms with Crippen LogP contribution in [0.3, 0.4) is 0 Å².